The van der Waals surface area contributed by atoms with Gasteiger partial charge in [-0.15, -0.1) is 11.3 Å². The van der Waals surface area contributed by atoms with Crippen LogP contribution in [0.5, 0.6) is 11.5 Å². The molecule has 114 valence electrons. The van der Waals surface area contributed by atoms with Crippen molar-refractivity contribution in [3.63, 3.8) is 0 Å². The number of nitrogens with one attached hydrogen (secondary N) is 1. The van der Waals surface area contributed by atoms with Crippen LogP contribution in [0.15, 0.2) is 22.0 Å². The molecule has 4 nitrogen and oxygen atoms in total. The molecule has 0 atom stereocenters. The van der Waals surface area contributed by atoms with E-state index in [0.717, 1.165) is 45.3 Å². The largest absolute Gasteiger partial charge is 0.492 e. The first-order chi connectivity index (χ1) is 10.1. The predicted octanol–water partition coefficient (Wildman–Crippen LogP) is 3.91. The monoisotopic (exact) mass is 370 g/mol. The Labute approximate surface area is 137 Å². The molecule has 6 heteroatoms. The second kappa shape index (κ2) is 7.77. The summed E-state index contributed by atoms with van der Waals surface area (Å²) in [6, 6.07) is 4.05. The Balaban J connectivity index is 2.02. The second-order valence-electron chi connectivity index (χ2n) is 4.53. The lowest BCUT2D eigenvalue weighted by Crippen LogP contribution is -2.13. The van der Waals surface area contributed by atoms with Gasteiger partial charge in [0.2, 0.25) is 0 Å². The number of methoxy groups -OCH3 is 1. The van der Waals surface area contributed by atoms with Crippen LogP contribution >= 0.6 is 27.3 Å². The average Bonchev–Trinajstić information content (AvgIpc) is 2.85. The standard InChI is InChI=1S/C15H19BrN2O2S/c1-4-20-13-6-11(5-12(16)15(13)19-3)7-17-8-14-18-10(2)9-21-14/h5-6,9,17H,4,7-8H2,1-3H3. The van der Waals surface area contributed by atoms with Crippen molar-refractivity contribution in [3.8, 4) is 11.5 Å². The Kier molecular flexibility index (Phi) is 6.02. The van der Waals surface area contributed by atoms with Crippen LogP contribution in [0.1, 0.15) is 23.2 Å². The maximum absolute atomic E-state index is 5.62. The molecule has 1 aromatic carbocycles. The third-order valence-electron chi connectivity index (χ3n) is 2.85. The van der Waals surface area contributed by atoms with Crippen molar-refractivity contribution in [1.82, 2.24) is 10.3 Å². The number of nitrogens with zero attached hydrogens (tertiary/aromatic N) is 1. The first kappa shape index (κ1) is 16.3. The van der Waals surface area contributed by atoms with E-state index >= 15 is 0 Å². The molecule has 0 bridgehead atoms. The Morgan fingerprint density at radius 1 is 1.33 bits per heavy atom. The van der Waals surface area contributed by atoms with E-state index in [1.54, 1.807) is 18.4 Å². The molecule has 1 aromatic heterocycles. The van der Waals surface area contributed by atoms with Gasteiger partial charge in [-0.05, 0) is 47.5 Å². The molecule has 21 heavy (non-hydrogen) atoms. The first-order valence-electron chi connectivity index (χ1n) is 6.75. The van der Waals surface area contributed by atoms with E-state index in [1.165, 1.54) is 0 Å². The van der Waals surface area contributed by atoms with Gasteiger partial charge in [0.15, 0.2) is 11.5 Å². The summed E-state index contributed by atoms with van der Waals surface area (Å²) in [5, 5.41) is 6.56. The number of hydrogen-bond acceptors (Lipinski definition) is 5. The molecule has 0 radical (unpaired) electrons. The predicted molar refractivity (Wildman–Crippen MR) is 89.3 cm³/mol. The van der Waals surface area contributed by atoms with Gasteiger partial charge in [-0.1, -0.05) is 0 Å². The average molecular weight is 371 g/mol. The van der Waals surface area contributed by atoms with Crippen LogP contribution in [-0.4, -0.2) is 18.7 Å². The minimum absolute atomic E-state index is 0.609. The summed E-state index contributed by atoms with van der Waals surface area (Å²) >= 11 is 5.20. The summed E-state index contributed by atoms with van der Waals surface area (Å²) in [7, 11) is 1.64. The maximum atomic E-state index is 5.62. The number of ether oxygens (including phenoxy) is 2. The second-order valence-corrected chi connectivity index (χ2v) is 6.33. The van der Waals surface area contributed by atoms with Gasteiger partial charge in [-0.2, -0.15) is 0 Å². The quantitative estimate of drug-likeness (QED) is 0.802. The van der Waals surface area contributed by atoms with E-state index in [9.17, 15) is 0 Å². The summed E-state index contributed by atoms with van der Waals surface area (Å²) in [5.74, 6) is 1.49. The molecule has 0 saturated carbocycles. The molecule has 0 amide bonds. The molecule has 0 aliphatic heterocycles. The van der Waals surface area contributed by atoms with Crippen LogP contribution in [0, 0.1) is 6.92 Å². The van der Waals surface area contributed by atoms with E-state index in [-0.39, 0.29) is 0 Å². The molecule has 0 fully saturated rings. The fourth-order valence-electron chi connectivity index (χ4n) is 1.98. The number of thiazole rings is 1. The zero-order valence-electron chi connectivity index (χ0n) is 12.4. The number of benzene rings is 1. The molecule has 0 unspecified atom stereocenters. The zero-order valence-corrected chi connectivity index (χ0v) is 14.8. The summed E-state index contributed by atoms with van der Waals surface area (Å²) in [6.45, 7) is 6.10. The van der Waals surface area contributed by atoms with Gasteiger partial charge in [-0.3, -0.25) is 0 Å². The van der Waals surface area contributed by atoms with Gasteiger partial charge < -0.3 is 14.8 Å². The summed E-state index contributed by atoms with van der Waals surface area (Å²) < 4.78 is 11.9. The summed E-state index contributed by atoms with van der Waals surface area (Å²) in [5.41, 5.74) is 2.21. The Bertz CT molecular complexity index is 601. The molecule has 2 aromatic rings. The SMILES string of the molecule is CCOc1cc(CNCc2nc(C)cs2)cc(Br)c1OC. The smallest absolute Gasteiger partial charge is 0.174 e. The lowest BCUT2D eigenvalue weighted by Gasteiger charge is -2.13. The fraction of sp³-hybridized carbons (Fsp3) is 0.400. The topological polar surface area (TPSA) is 43.4 Å². The highest BCUT2D eigenvalue weighted by atomic mass is 79.9. The van der Waals surface area contributed by atoms with E-state index in [0.29, 0.717) is 6.61 Å². The first-order valence-corrected chi connectivity index (χ1v) is 8.42. The van der Waals surface area contributed by atoms with Gasteiger partial charge in [0.05, 0.1) is 18.2 Å². The van der Waals surface area contributed by atoms with Crippen molar-refractivity contribution in [2.45, 2.75) is 26.9 Å². The third kappa shape index (κ3) is 4.43. The van der Waals surface area contributed by atoms with Crippen LogP contribution in [0.25, 0.3) is 0 Å². The van der Waals surface area contributed by atoms with Gasteiger partial charge in [0.1, 0.15) is 5.01 Å². The highest BCUT2D eigenvalue weighted by molar-refractivity contribution is 9.10. The lowest BCUT2D eigenvalue weighted by atomic mass is 10.2. The van der Waals surface area contributed by atoms with Crippen LogP contribution in [0.4, 0.5) is 0 Å². The van der Waals surface area contributed by atoms with Gasteiger partial charge in [0, 0.05) is 24.2 Å². The number of halogens is 1. The molecular weight excluding hydrogens is 352 g/mol. The lowest BCUT2D eigenvalue weighted by molar-refractivity contribution is 0.309. The van der Waals surface area contributed by atoms with Crippen LogP contribution in [-0.2, 0) is 13.1 Å². The van der Waals surface area contributed by atoms with Crippen LogP contribution in [0.2, 0.25) is 0 Å². The van der Waals surface area contributed by atoms with Crippen molar-refractivity contribution in [2.75, 3.05) is 13.7 Å². The van der Waals surface area contributed by atoms with E-state index < -0.39 is 0 Å². The Morgan fingerprint density at radius 2 is 2.14 bits per heavy atom. The molecule has 0 aliphatic rings. The molecule has 0 spiro atoms. The summed E-state index contributed by atoms with van der Waals surface area (Å²) in [4.78, 5) is 4.44. The Hall–Kier alpha value is -1.11. The van der Waals surface area contributed by atoms with E-state index in [4.69, 9.17) is 9.47 Å². The van der Waals surface area contributed by atoms with E-state index in [1.807, 2.05) is 26.0 Å². The van der Waals surface area contributed by atoms with Crippen molar-refractivity contribution in [1.29, 1.82) is 0 Å². The minimum atomic E-state index is 0.609. The number of aromatic nitrogens is 1. The minimum Gasteiger partial charge on any atom is -0.492 e. The molecule has 0 saturated heterocycles. The highest BCUT2D eigenvalue weighted by Crippen LogP contribution is 2.36. The van der Waals surface area contributed by atoms with Crippen molar-refractivity contribution in [2.24, 2.45) is 0 Å². The fourth-order valence-corrected chi connectivity index (χ4v) is 3.37. The molecule has 1 heterocycles. The van der Waals surface area contributed by atoms with Gasteiger partial charge in [-0.25, -0.2) is 4.98 Å². The number of rotatable bonds is 7. The zero-order chi connectivity index (χ0) is 15.2. The van der Waals surface area contributed by atoms with Gasteiger partial charge >= 0.3 is 0 Å². The van der Waals surface area contributed by atoms with Gasteiger partial charge in [0.25, 0.3) is 0 Å². The third-order valence-corrected chi connectivity index (χ3v) is 4.40. The van der Waals surface area contributed by atoms with Crippen LogP contribution in [0.3, 0.4) is 0 Å². The highest BCUT2D eigenvalue weighted by Gasteiger charge is 2.11. The molecule has 0 aliphatic carbocycles. The summed E-state index contributed by atoms with van der Waals surface area (Å²) in [6.07, 6.45) is 0. The molecule has 2 rings (SSSR count). The maximum Gasteiger partial charge on any atom is 0.174 e. The van der Waals surface area contributed by atoms with Crippen LogP contribution < -0.4 is 14.8 Å². The molecule has 1 N–H and O–H groups in total. The van der Waals surface area contributed by atoms with E-state index in [2.05, 4.69) is 31.6 Å². The Morgan fingerprint density at radius 3 is 2.76 bits per heavy atom. The van der Waals surface area contributed by atoms with Crippen molar-refractivity contribution in [3.05, 3.63) is 38.3 Å². The number of aryl methyl sites for hydroxylation is 1. The number of hydrogen-bond donors (Lipinski definition) is 1. The molecular formula is C15H19BrN2O2S. The van der Waals surface area contributed by atoms with Crippen molar-refractivity contribution >= 4 is 27.3 Å². The normalized spacial score (nSPS) is 10.7. The van der Waals surface area contributed by atoms with Crippen molar-refractivity contribution < 1.29 is 9.47 Å².